The molecule has 1 rings (SSSR count). The van der Waals surface area contributed by atoms with Gasteiger partial charge in [-0.25, -0.2) is 0 Å². The lowest BCUT2D eigenvalue weighted by Crippen LogP contribution is -1.99. The molecule has 1 N–H and O–H groups in total. The summed E-state index contributed by atoms with van der Waals surface area (Å²) in [6.07, 6.45) is 0.904. The van der Waals surface area contributed by atoms with Gasteiger partial charge in [-0.1, -0.05) is 6.92 Å². The van der Waals surface area contributed by atoms with Crippen LogP contribution in [0.5, 0.6) is 0 Å². The minimum atomic E-state index is -0.276. The molecule has 0 aromatic carbocycles. The van der Waals surface area contributed by atoms with Crippen molar-refractivity contribution in [1.29, 1.82) is 0 Å². The van der Waals surface area contributed by atoms with Crippen molar-refractivity contribution >= 4 is 23.1 Å². The van der Waals surface area contributed by atoms with Crippen LogP contribution in [0.1, 0.15) is 29.9 Å². The van der Waals surface area contributed by atoms with E-state index in [-0.39, 0.29) is 6.10 Å². The van der Waals surface area contributed by atoms with Crippen LogP contribution in [0.2, 0.25) is 0 Å². The number of thioether (sulfide) groups is 1. The molecule has 0 fully saturated rings. The Morgan fingerprint density at radius 2 is 2.38 bits per heavy atom. The van der Waals surface area contributed by atoms with Crippen molar-refractivity contribution < 1.29 is 5.11 Å². The van der Waals surface area contributed by atoms with Gasteiger partial charge in [0.15, 0.2) is 0 Å². The Balaban J connectivity index is 2.35. The van der Waals surface area contributed by atoms with Gasteiger partial charge in [-0.2, -0.15) is 11.8 Å². The minimum absolute atomic E-state index is 0.276. The van der Waals surface area contributed by atoms with Gasteiger partial charge in [-0.15, -0.1) is 11.3 Å². The molecule has 1 atom stereocenters. The fourth-order valence-electron chi connectivity index (χ4n) is 1.07. The van der Waals surface area contributed by atoms with E-state index in [2.05, 4.69) is 19.9 Å². The zero-order chi connectivity index (χ0) is 9.68. The van der Waals surface area contributed by atoms with Crippen LogP contribution in [0.4, 0.5) is 0 Å². The normalized spacial score (nSPS) is 13.2. The van der Waals surface area contributed by atoms with E-state index >= 15 is 0 Å². The Labute approximate surface area is 88.2 Å². The minimum Gasteiger partial charge on any atom is -0.388 e. The van der Waals surface area contributed by atoms with Crippen LogP contribution in [0.3, 0.4) is 0 Å². The van der Waals surface area contributed by atoms with Crippen molar-refractivity contribution in [3.63, 3.8) is 0 Å². The summed E-state index contributed by atoms with van der Waals surface area (Å²) >= 11 is 3.52. The first-order chi connectivity index (χ1) is 6.24. The van der Waals surface area contributed by atoms with Crippen LogP contribution < -0.4 is 0 Å². The molecular weight excluding hydrogens is 200 g/mol. The monoisotopic (exact) mass is 216 g/mol. The van der Waals surface area contributed by atoms with Crippen LogP contribution in [0.15, 0.2) is 11.4 Å². The molecule has 74 valence electrons. The number of hydrogen-bond donors (Lipinski definition) is 1. The van der Waals surface area contributed by atoms with Crippen LogP contribution >= 0.6 is 23.1 Å². The van der Waals surface area contributed by atoms with E-state index < -0.39 is 0 Å². The van der Waals surface area contributed by atoms with E-state index in [1.807, 2.05) is 17.1 Å². The van der Waals surface area contributed by atoms with Gasteiger partial charge in [-0.05, 0) is 36.1 Å². The van der Waals surface area contributed by atoms with E-state index in [0.717, 1.165) is 17.1 Å². The summed E-state index contributed by atoms with van der Waals surface area (Å²) < 4.78 is 0. The third-order valence-electron chi connectivity index (χ3n) is 1.76. The largest absolute Gasteiger partial charge is 0.388 e. The first-order valence-corrected chi connectivity index (χ1v) is 6.58. The van der Waals surface area contributed by atoms with Gasteiger partial charge >= 0.3 is 0 Å². The summed E-state index contributed by atoms with van der Waals surface area (Å²) in [6.45, 7) is 4.23. The Hall–Kier alpha value is 0.0100. The Bertz CT molecular complexity index is 245. The van der Waals surface area contributed by atoms with Gasteiger partial charge in [-0.3, -0.25) is 0 Å². The lowest BCUT2D eigenvalue weighted by Gasteiger charge is -2.07. The van der Waals surface area contributed by atoms with Crippen LogP contribution in [0, 0.1) is 6.92 Å². The van der Waals surface area contributed by atoms with E-state index in [0.29, 0.717) is 0 Å². The molecule has 0 aliphatic carbocycles. The maximum absolute atomic E-state index is 9.75. The molecule has 0 amide bonds. The predicted molar refractivity (Wildman–Crippen MR) is 61.6 cm³/mol. The second-order valence-corrected chi connectivity index (χ2v) is 5.35. The van der Waals surface area contributed by atoms with Gasteiger partial charge in [0.1, 0.15) is 0 Å². The summed E-state index contributed by atoms with van der Waals surface area (Å²) in [5.41, 5.74) is 1.08. The molecular formula is C10H16OS2. The van der Waals surface area contributed by atoms with E-state index in [1.54, 1.807) is 11.3 Å². The molecule has 1 nitrogen and oxygen atoms in total. The van der Waals surface area contributed by atoms with E-state index in [9.17, 15) is 5.11 Å². The summed E-state index contributed by atoms with van der Waals surface area (Å²) in [5, 5.41) is 11.8. The van der Waals surface area contributed by atoms with Crippen LogP contribution in [-0.4, -0.2) is 16.6 Å². The maximum atomic E-state index is 9.75. The van der Waals surface area contributed by atoms with Crippen molar-refractivity contribution in [3.05, 3.63) is 21.9 Å². The summed E-state index contributed by atoms with van der Waals surface area (Å²) in [5.74, 6) is 1.96. The van der Waals surface area contributed by atoms with Crippen LogP contribution in [0.25, 0.3) is 0 Å². The molecule has 1 heterocycles. The smallest absolute Gasteiger partial charge is 0.0888 e. The number of rotatable bonds is 5. The summed E-state index contributed by atoms with van der Waals surface area (Å²) in [6, 6.07) is 2.07. The molecule has 0 saturated carbocycles. The lowest BCUT2D eigenvalue weighted by molar-refractivity contribution is 0.204. The number of aliphatic hydroxyl groups excluding tert-OH is 1. The SMILES string of the molecule is CCCSCC(O)c1csc(C)c1. The Kier molecular flexibility index (Phi) is 4.84. The molecule has 0 bridgehead atoms. The lowest BCUT2D eigenvalue weighted by atomic mass is 10.2. The van der Waals surface area contributed by atoms with Gasteiger partial charge in [0.2, 0.25) is 0 Å². The maximum Gasteiger partial charge on any atom is 0.0888 e. The van der Waals surface area contributed by atoms with Gasteiger partial charge in [0.05, 0.1) is 6.10 Å². The van der Waals surface area contributed by atoms with E-state index in [4.69, 9.17) is 0 Å². The fraction of sp³-hybridized carbons (Fsp3) is 0.600. The predicted octanol–water partition coefficient (Wildman–Crippen LogP) is 3.23. The average Bonchev–Trinajstić information content (AvgIpc) is 2.52. The highest BCUT2D eigenvalue weighted by atomic mass is 32.2. The summed E-state index contributed by atoms with van der Waals surface area (Å²) in [7, 11) is 0. The van der Waals surface area contributed by atoms with Crippen molar-refractivity contribution in [3.8, 4) is 0 Å². The number of thiophene rings is 1. The van der Waals surface area contributed by atoms with Gasteiger partial charge in [0.25, 0.3) is 0 Å². The molecule has 0 spiro atoms. The van der Waals surface area contributed by atoms with Crippen molar-refractivity contribution in [2.75, 3.05) is 11.5 Å². The highest BCUT2D eigenvalue weighted by Crippen LogP contribution is 2.23. The first kappa shape index (κ1) is 11.1. The molecule has 1 aromatic rings. The fourth-order valence-corrected chi connectivity index (χ4v) is 2.70. The molecule has 0 aliphatic heterocycles. The second kappa shape index (κ2) is 5.68. The van der Waals surface area contributed by atoms with Crippen molar-refractivity contribution in [2.45, 2.75) is 26.4 Å². The average molecular weight is 216 g/mol. The third-order valence-corrected chi connectivity index (χ3v) is 3.89. The molecule has 1 aromatic heterocycles. The third kappa shape index (κ3) is 3.71. The topological polar surface area (TPSA) is 20.2 Å². The quantitative estimate of drug-likeness (QED) is 0.763. The number of hydrogen-bond acceptors (Lipinski definition) is 3. The molecule has 0 saturated heterocycles. The highest BCUT2D eigenvalue weighted by Gasteiger charge is 2.08. The number of aliphatic hydroxyl groups is 1. The first-order valence-electron chi connectivity index (χ1n) is 4.55. The molecule has 0 aliphatic rings. The second-order valence-electron chi connectivity index (χ2n) is 3.08. The van der Waals surface area contributed by atoms with Crippen LogP contribution in [-0.2, 0) is 0 Å². The Morgan fingerprint density at radius 3 is 2.92 bits per heavy atom. The molecule has 0 radical (unpaired) electrons. The number of aryl methyl sites for hydroxylation is 1. The highest BCUT2D eigenvalue weighted by molar-refractivity contribution is 7.99. The molecule has 3 heteroatoms. The van der Waals surface area contributed by atoms with E-state index in [1.165, 1.54) is 11.3 Å². The zero-order valence-electron chi connectivity index (χ0n) is 8.12. The molecule has 13 heavy (non-hydrogen) atoms. The van der Waals surface area contributed by atoms with Crippen molar-refractivity contribution in [2.24, 2.45) is 0 Å². The van der Waals surface area contributed by atoms with Gasteiger partial charge < -0.3 is 5.11 Å². The zero-order valence-corrected chi connectivity index (χ0v) is 9.75. The van der Waals surface area contributed by atoms with Crippen molar-refractivity contribution in [1.82, 2.24) is 0 Å². The Morgan fingerprint density at radius 1 is 1.62 bits per heavy atom. The molecule has 1 unspecified atom stereocenters. The summed E-state index contributed by atoms with van der Waals surface area (Å²) in [4.78, 5) is 1.27. The standard InChI is InChI=1S/C10H16OS2/c1-3-4-12-7-10(11)9-5-8(2)13-6-9/h5-6,10-11H,3-4,7H2,1-2H3. The van der Waals surface area contributed by atoms with Gasteiger partial charge in [0, 0.05) is 10.6 Å².